The summed E-state index contributed by atoms with van der Waals surface area (Å²) in [5.74, 6) is 0. The summed E-state index contributed by atoms with van der Waals surface area (Å²) >= 11 is 0. The van der Waals surface area contributed by atoms with E-state index in [0.29, 0.717) is 5.56 Å². The van der Waals surface area contributed by atoms with Crippen LogP contribution in [0.25, 0.3) is 11.1 Å². The maximum atomic E-state index is 8.65. The van der Waals surface area contributed by atoms with E-state index in [2.05, 4.69) is 18.2 Å². The predicted octanol–water partition coefficient (Wildman–Crippen LogP) is 4.07. The lowest BCUT2D eigenvalue weighted by molar-refractivity contribution is 1.48. The maximum absolute atomic E-state index is 8.65. The van der Waals surface area contributed by atoms with Gasteiger partial charge in [0, 0.05) is 0 Å². The SMILES string of the molecule is Cl.Cl.N#Cc1ccc(-c2ccccc2)cc1. The number of hydrogen-bond acceptors (Lipinski definition) is 1. The molecule has 0 heterocycles. The fourth-order valence-electron chi connectivity index (χ4n) is 1.37. The van der Waals surface area contributed by atoms with Crippen LogP contribution in [0.4, 0.5) is 0 Å². The Bertz CT molecular complexity index is 458. The van der Waals surface area contributed by atoms with Gasteiger partial charge in [-0.25, -0.2) is 0 Å². The zero-order valence-electron chi connectivity index (χ0n) is 8.46. The summed E-state index contributed by atoms with van der Waals surface area (Å²) in [7, 11) is 0. The Hall–Kier alpha value is -1.49. The first-order valence-corrected chi connectivity index (χ1v) is 4.46. The van der Waals surface area contributed by atoms with E-state index in [4.69, 9.17) is 5.26 Å². The number of nitrogens with zero attached hydrogens (tertiary/aromatic N) is 1. The molecule has 0 amide bonds. The summed E-state index contributed by atoms with van der Waals surface area (Å²) in [4.78, 5) is 0. The van der Waals surface area contributed by atoms with Crippen molar-refractivity contribution < 1.29 is 0 Å². The second kappa shape index (κ2) is 6.90. The zero-order valence-corrected chi connectivity index (χ0v) is 10.1. The van der Waals surface area contributed by atoms with Gasteiger partial charge in [-0.05, 0) is 23.3 Å². The second-order valence-corrected chi connectivity index (χ2v) is 3.06. The Morgan fingerprint density at radius 3 is 1.69 bits per heavy atom. The first-order valence-electron chi connectivity index (χ1n) is 4.46. The van der Waals surface area contributed by atoms with Crippen LogP contribution >= 0.6 is 24.8 Å². The smallest absolute Gasteiger partial charge is 0.0991 e. The molecule has 0 aliphatic carbocycles. The maximum Gasteiger partial charge on any atom is 0.0991 e. The Labute approximate surface area is 108 Å². The molecule has 0 spiro atoms. The molecule has 0 aliphatic heterocycles. The molecule has 2 rings (SSSR count). The van der Waals surface area contributed by atoms with E-state index >= 15 is 0 Å². The molecule has 0 unspecified atom stereocenters. The molecule has 16 heavy (non-hydrogen) atoms. The van der Waals surface area contributed by atoms with Crippen LogP contribution in [0.15, 0.2) is 54.6 Å². The molecule has 2 aromatic rings. The summed E-state index contributed by atoms with van der Waals surface area (Å²) in [6.45, 7) is 0. The van der Waals surface area contributed by atoms with Crippen LogP contribution < -0.4 is 0 Å². The van der Waals surface area contributed by atoms with Crippen molar-refractivity contribution in [1.82, 2.24) is 0 Å². The van der Waals surface area contributed by atoms with Gasteiger partial charge in [-0.2, -0.15) is 5.26 Å². The van der Waals surface area contributed by atoms with Gasteiger partial charge in [-0.3, -0.25) is 0 Å². The summed E-state index contributed by atoms with van der Waals surface area (Å²) in [6.07, 6.45) is 0. The standard InChI is InChI=1S/C13H9N.2ClH/c14-10-11-6-8-13(9-7-11)12-4-2-1-3-5-12;;/h1-9H;2*1H. The Kier molecular flexibility index (Phi) is 6.25. The van der Waals surface area contributed by atoms with Gasteiger partial charge in [0.05, 0.1) is 11.6 Å². The Morgan fingerprint density at radius 2 is 1.19 bits per heavy atom. The molecule has 0 aliphatic rings. The second-order valence-electron chi connectivity index (χ2n) is 3.06. The van der Waals surface area contributed by atoms with Crippen LogP contribution in [0.3, 0.4) is 0 Å². The van der Waals surface area contributed by atoms with Crippen LogP contribution in [0.2, 0.25) is 0 Å². The summed E-state index contributed by atoms with van der Waals surface area (Å²) in [6, 6.07) is 19.8. The highest BCUT2D eigenvalue weighted by molar-refractivity contribution is 5.85. The van der Waals surface area contributed by atoms with Crippen LogP contribution in [0.1, 0.15) is 5.56 Å². The van der Waals surface area contributed by atoms with Gasteiger partial charge in [0.1, 0.15) is 0 Å². The highest BCUT2D eigenvalue weighted by atomic mass is 35.5. The van der Waals surface area contributed by atoms with Gasteiger partial charge in [0.2, 0.25) is 0 Å². The molecule has 3 heteroatoms. The lowest BCUT2D eigenvalue weighted by atomic mass is 10.0. The molecular weight excluding hydrogens is 241 g/mol. The predicted molar refractivity (Wildman–Crippen MR) is 71.1 cm³/mol. The summed E-state index contributed by atoms with van der Waals surface area (Å²) < 4.78 is 0. The minimum absolute atomic E-state index is 0. The Morgan fingerprint density at radius 1 is 0.688 bits per heavy atom. The molecule has 0 saturated heterocycles. The van der Waals surface area contributed by atoms with Gasteiger partial charge < -0.3 is 0 Å². The van der Waals surface area contributed by atoms with E-state index in [0.717, 1.165) is 5.56 Å². The lowest BCUT2D eigenvalue weighted by Gasteiger charge is -1.99. The van der Waals surface area contributed by atoms with E-state index in [1.165, 1.54) is 5.56 Å². The van der Waals surface area contributed by atoms with Crippen molar-refractivity contribution in [3.05, 3.63) is 60.2 Å². The van der Waals surface area contributed by atoms with Gasteiger partial charge in [0.25, 0.3) is 0 Å². The van der Waals surface area contributed by atoms with Crippen LogP contribution in [0, 0.1) is 11.3 Å². The number of rotatable bonds is 1. The van der Waals surface area contributed by atoms with Crippen molar-refractivity contribution in [2.45, 2.75) is 0 Å². The normalized spacial score (nSPS) is 8.19. The average Bonchev–Trinajstić information content (AvgIpc) is 2.30. The van der Waals surface area contributed by atoms with E-state index < -0.39 is 0 Å². The van der Waals surface area contributed by atoms with Gasteiger partial charge in [-0.1, -0.05) is 42.5 Å². The lowest BCUT2D eigenvalue weighted by Crippen LogP contribution is -1.77. The third kappa shape index (κ3) is 3.27. The average molecular weight is 252 g/mol. The molecule has 0 aromatic heterocycles. The molecule has 0 fully saturated rings. The van der Waals surface area contributed by atoms with Crippen LogP contribution in [0.5, 0.6) is 0 Å². The molecular formula is C13H11Cl2N. The zero-order chi connectivity index (χ0) is 9.80. The number of benzene rings is 2. The molecule has 0 saturated carbocycles. The van der Waals surface area contributed by atoms with Crippen molar-refractivity contribution in [3.63, 3.8) is 0 Å². The highest BCUT2D eigenvalue weighted by Crippen LogP contribution is 2.18. The molecule has 2 aromatic carbocycles. The Balaban J connectivity index is 0.00000112. The summed E-state index contributed by atoms with van der Waals surface area (Å²) in [5.41, 5.74) is 3.02. The fourth-order valence-corrected chi connectivity index (χ4v) is 1.37. The monoisotopic (exact) mass is 251 g/mol. The molecule has 0 radical (unpaired) electrons. The van der Waals surface area contributed by atoms with Crippen LogP contribution in [-0.4, -0.2) is 0 Å². The topological polar surface area (TPSA) is 23.8 Å². The van der Waals surface area contributed by atoms with Crippen molar-refractivity contribution in [3.8, 4) is 17.2 Å². The van der Waals surface area contributed by atoms with E-state index in [9.17, 15) is 0 Å². The molecule has 82 valence electrons. The van der Waals surface area contributed by atoms with E-state index in [1.54, 1.807) is 0 Å². The molecule has 1 nitrogen and oxygen atoms in total. The minimum atomic E-state index is 0. The van der Waals surface area contributed by atoms with E-state index in [1.807, 2.05) is 42.5 Å². The van der Waals surface area contributed by atoms with Crippen molar-refractivity contribution >= 4 is 24.8 Å². The third-order valence-corrected chi connectivity index (χ3v) is 2.12. The van der Waals surface area contributed by atoms with Crippen molar-refractivity contribution in [2.24, 2.45) is 0 Å². The third-order valence-electron chi connectivity index (χ3n) is 2.12. The largest absolute Gasteiger partial charge is 0.192 e. The molecule has 0 N–H and O–H groups in total. The van der Waals surface area contributed by atoms with E-state index in [-0.39, 0.29) is 24.8 Å². The highest BCUT2D eigenvalue weighted by Gasteiger charge is 1.95. The number of halogens is 2. The van der Waals surface area contributed by atoms with Gasteiger partial charge in [0.15, 0.2) is 0 Å². The quantitative estimate of drug-likeness (QED) is 0.750. The van der Waals surface area contributed by atoms with Crippen LogP contribution in [-0.2, 0) is 0 Å². The molecule has 0 atom stereocenters. The van der Waals surface area contributed by atoms with Gasteiger partial charge >= 0.3 is 0 Å². The summed E-state index contributed by atoms with van der Waals surface area (Å²) in [5, 5.41) is 8.65. The number of hydrogen-bond donors (Lipinski definition) is 0. The minimum Gasteiger partial charge on any atom is -0.192 e. The number of nitriles is 1. The van der Waals surface area contributed by atoms with Crippen molar-refractivity contribution in [1.29, 1.82) is 5.26 Å². The van der Waals surface area contributed by atoms with Gasteiger partial charge in [-0.15, -0.1) is 24.8 Å². The first-order chi connectivity index (χ1) is 6.90. The fraction of sp³-hybridized carbons (Fsp3) is 0. The van der Waals surface area contributed by atoms with Crippen molar-refractivity contribution in [2.75, 3.05) is 0 Å². The molecule has 0 bridgehead atoms. The first kappa shape index (κ1) is 14.5.